The molecule has 0 radical (unpaired) electrons. The van der Waals surface area contributed by atoms with E-state index in [9.17, 15) is 4.79 Å². The van der Waals surface area contributed by atoms with E-state index in [-0.39, 0.29) is 11.4 Å². The monoisotopic (exact) mass is 289 g/mol. The SMILES string of the molecule is O=C(CN1CCNCC12CCCCC2)Nc1ncccn1. The first-order valence-electron chi connectivity index (χ1n) is 7.81. The van der Waals surface area contributed by atoms with Crippen molar-refractivity contribution in [3.8, 4) is 0 Å². The molecule has 0 aromatic carbocycles. The van der Waals surface area contributed by atoms with Crippen molar-refractivity contribution in [2.24, 2.45) is 0 Å². The minimum atomic E-state index is -0.0203. The van der Waals surface area contributed by atoms with Gasteiger partial charge in [-0.15, -0.1) is 0 Å². The fourth-order valence-corrected chi connectivity index (χ4v) is 3.53. The summed E-state index contributed by atoms with van der Waals surface area (Å²) < 4.78 is 0. The lowest BCUT2D eigenvalue weighted by molar-refractivity contribution is -0.120. The molecule has 1 saturated heterocycles. The molecule has 3 rings (SSSR count). The molecule has 1 aromatic rings. The Kier molecular flexibility index (Phi) is 4.45. The second-order valence-electron chi connectivity index (χ2n) is 6.00. The van der Waals surface area contributed by atoms with E-state index < -0.39 is 0 Å². The summed E-state index contributed by atoms with van der Waals surface area (Å²) in [6, 6.07) is 1.74. The van der Waals surface area contributed by atoms with Gasteiger partial charge in [-0.2, -0.15) is 0 Å². The van der Waals surface area contributed by atoms with E-state index >= 15 is 0 Å². The van der Waals surface area contributed by atoms with Gasteiger partial charge in [0.2, 0.25) is 11.9 Å². The second kappa shape index (κ2) is 6.49. The van der Waals surface area contributed by atoms with E-state index in [1.807, 2.05) is 0 Å². The molecule has 1 spiro atoms. The average molecular weight is 289 g/mol. The van der Waals surface area contributed by atoms with Gasteiger partial charge in [0.25, 0.3) is 0 Å². The van der Waals surface area contributed by atoms with Gasteiger partial charge in [-0.3, -0.25) is 15.0 Å². The van der Waals surface area contributed by atoms with Crippen molar-refractivity contribution in [3.63, 3.8) is 0 Å². The molecule has 1 aliphatic carbocycles. The van der Waals surface area contributed by atoms with Crippen LogP contribution in [0, 0.1) is 0 Å². The highest BCUT2D eigenvalue weighted by Crippen LogP contribution is 2.34. The number of hydrogen-bond acceptors (Lipinski definition) is 5. The van der Waals surface area contributed by atoms with Crippen molar-refractivity contribution in [1.82, 2.24) is 20.2 Å². The smallest absolute Gasteiger partial charge is 0.240 e. The fourth-order valence-electron chi connectivity index (χ4n) is 3.53. The van der Waals surface area contributed by atoms with Crippen molar-refractivity contribution in [1.29, 1.82) is 0 Å². The molecular weight excluding hydrogens is 266 g/mol. The normalized spacial score (nSPS) is 22.1. The Morgan fingerprint density at radius 3 is 2.81 bits per heavy atom. The van der Waals surface area contributed by atoms with Gasteiger partial charge >= 0.3 is 0 Å². The summed E-state index contributed by atoms with van der Waals surface area (Å²) in [6.45, 7) is 3.32. The molecule has 0 atom stereocenters. The molecule has 6 nitrogen and oxygen atoms in total. The minimum absolute atomic E-state index is 0.0203. The van der Waals surface area contributed by atoms with Crippen LogP contribution in [0.3, 0.4) is 0 Å². The number of rotatable bonds is 3. The van der Waals surface area contributed by atoms with Crippen LogP contribution < -0.4 is 10.6 Å². The lowest BCUT2D eigenvalue weighted by Crippen LogP contribution is -2.63. The van der Waals surface area contributed by atoms with Crippen molar-refractivity contribution in [2.75, 3.05) is 31.5 Å². The van der Waals surface area contributed by atoms with E-state index in [4.69, 9.17) is 0 Å². The van der Waals surface area contributed by atoms with Gasteiger partial charge < -0.3 is 5.32 Å². The molecule has 1 aliphatic heterocycles. The van der Waals surface area contributed by atoms with Gasteiger partial charge in [-0.25, -0.2) is 9.97 Å². The summed E-state index contributed by atoms with van der Waals surface area (Å²) in [5.41, 5.74) is 0.172. The summed E-state index contributed by atoms with van der Waals surface area (Å²) in [5.74, 6) is 0.364. The fraction of sp³-hybridized carbons (Fsp3) is 0.667. The zero-order chi connectivity index (χ0) is 14.5. The first kappa shape index (κ1) is 14.4. The van der Waals surface area contributed by atoms with Crippen LogP contribution in [0.1, 0.15) is 32.1 Å². The standard InChI is InChI=1S/C15H23N5O/c21-13(19-14-17-7-4-8-18-14)11-20-10-9-16-12-15(20)5-2-1-3-6-15/h4,7-8,16H,1-3,5-6,9-12H2,(H,17,18,19,21). The highest BCUT2D eigenvalue weighted by molar-refractivity contribution is 5.90. The Morgan fingerprint density at radius 2 is 2.05 bits per heavy atom. The Hall–Kier alpha value is -1.53. The largest absolute Gasteiger partial charge is 0.314 e. The van der Waals surface area contributed by atoms with Crippen LogP contribution in [-0.2, 0) is 4.79 Å². The summed E-state index contributed by atoms with van der Waals surface area (Å²) in [4.78, 5) is 22.7. The van der Waals surface area contributed by atoms with Crippen LogP contribution >= 0.6 is 0 Å². The van der Waals surface area contributed by atoms with Crippen LogP contribution in [0.25, 0.3) is 0 Å². The topological polar surface area (TPSA) is 70.2 Å². The molecule has 1 saturated carbocycles. The minimum Gasteiger partial charge on any atom is -0.314 e. The van der Waals surface area contributed by atoms with Gasteiger partial charge in [-0.05, 0) is 18.9 Å². The van der Waals surface area contributed by atoms with Gasteiger partial charge in [0, 0.05) is 37.6 Å². The molecule has 2 heterocycles. The van der Waals surface area contributed by atoms with E-state index in [1.54, 1.807) is 18.5 Å². The third-order valence-electron chi connectivity index (χ3n) is 4.62. The Bertz CT molecular complexity index is 464. The Morgan fingerprint density at radius 1 is 1.29 bits per heavy atom. The van der Waals surface area contributed by atoms with Gasteiger partial charge in [0.1, 0.15) is 0 Å². The molecule has 1 amide bonds. The number of piperazine rings is 1. The molecular formula is C15H23N5O. The van der Waals surface area contributed by atoms with E-state index in [1.165, 1.54) is 32.1 Å². The molecule has 6 heteroatoms. The van der Waals surface area contributed by atoms with Crippen LogP contribution in [0.5, 0.6) is 0 Å². The van der Waals surface area contributed by atoms with E-state index in [0.717, 1.165) is 19.6 Å². The summed E-state index contributed by atoms with van der Waals surface area (Å²) >= 11 is 0. The highest BCUT2D eigenvalue weighted by Gasteiger charge is 2.40. The predicted molar refractivity (Wildman–Crippen MR) is 80.9 cm³/mol. The van der Waals surface area contributed by atoms with Crippen LogP contribution in [0.2, 0.25) is 0 Å². The number of aromatic nitrogens is 2. The molecule has 1 aromatic heterocycles. The summed E-state index contributed by atoms with van der Waals surface area (Å²) in [5, 5.41) is 6.29. The number of carbonyl (C=O) groups is 1. The van der Waals surface area contributed by atoms with Gasteiger partial charge in [-0.1, -0.05) is 19.3 Å². The zero-order valence-corrected chi connectivity index (χ0v) is 12.3. The first-order valence-corrected chi connectivity index (χ1v) is 7.81. The number of nitrogens with one attached hydrogen (secondary N) is 2. The molecule has 2 fully saturated rings. The summed E-state index contributed by atoms with van der Waals surface area (Å²) in [7, 11) is 0. The third-order valence-corrected chi connectivity index (χ3v) is 4.62. The molecule has 21 heavy (non-hydrogen) atoms. The number of nitrogens with zero attached hydrogens (tertiary/aromatic N) is 3. The van der Waals surface area contributed by atoms with Crippen LogP contribution in [0.4, 0.5) is 5.95 Å². The maximum Gasteiger partial charge on any atom is 0.240 e. The third kappa shape index (κ3) is 3.39. The van der Waals surface area contributed by atoms with Crippen LogP contribution in [-0.4, -0.2) is 52.5 Å². The quantitative estimate of drug-likeness (QED) is 0.869. The number of amides is 1. The molecule has 2 aliphatic rings. The first-order chi connectivity index (χ1) is 10.3. The zero-order valence-electron chi connectivity index (χ0n) is 12.3. The average Bonchev–Trinajstić information content (AvgIpc) is 2.52. The lowest BCUT2D eigenvalue weighted by Gasteiger charge is -2.49. The highest BCUT2D eigenvalue weighted by atomic mass is 16.2. The van der Waals surface area contributed by atoms with Crippen molar-refractivity contribution in [3.05, 3.63) is 18.5 Å². The van der Waals surface area contributed by atoms with Crippen molar-refractivity contribution in [2.45, 2.75) is 37.6 Å². The van der Waals surface area contributed by atoms with E-state index in [0.29, 0.717) is 12.5 Å². The van der Waals surface area contributed by atoms with Crippen molar-refractivity contribution >= 4 is 11.9 Å². The lowest BCUT2D eigenvalue weighted by atomic mass is 9.79. The Labute approximate surface area is 125 Å². The molecule has 2 N–H and O–H groups in total. The Balaban J connectivity index is 1.63. The number of hydrogen-bond donors (Lipinski definition) is 2. The predicted octanol–water partition coefficient (Wildman–Crippen LogP) is 1.02. The number of carbonyl (C=O) groups excluding carboxylic acids is 1. The molecule has 0 bridgehead atoms. The van der Waals surface area contributed by atoms with Gasteiger partial charge in [0.05, 0.1) is 6.54 Å². The van der Waals surface area contributed by atoms with Crippen LogP contribution in [0.15, 0.2) is 18.5 Å². The maximum atomic E-state index is 12.3. The number of anilines is 1. The van der Waals surface area contributed by atoms with E-state index in [2.05, 4.69) is 25.5 Å². The van der Waals surface area contributed by atoms with Gasteiger partial charge in [0.15, 0.2) is 0 Å². The molecule has 114 valence electrons. The summed E-state index contributed by atoms with van der Waals surface area (Å²) in [6.07, 6.45) is 9.50. The second-order valence-corrected chi connectivity index (χ2v) is 6.00. The molecule has 0 unspecified atom stereocenters. The maximum absolute atomic E-state index is 12.3. The van der Waals surface area contributed by atoms with Crippen molar-refractivity contribution < 1.29 is 4.79 Å².